The zero-order chi connectivity index (χ0) is 23.3. The molecule has 0 aliphatic heterocycles. The summed E-state index contributed by atoms with van der Waals surface area (Å²) in [5.41, 5.74) is 0.831. The Hall–Kier alpha value is -3.06. The van der Waals surface area contributed by atoms with Crippen LogP contribution in [0.4, 0.5) is 5.69 Å². The highest BCUT2D eigenvalue weighted by atomic mass is 32.2. The van der Waals surface area contributed by atoms with E-state index in [1.165, 1.54) is 6.26 Å². The summed E-state index contributed by atoms with van der Waals surface area (Å²) >= 11 is 0. The molecule has 170 valence electrons. The lowest BCUT2D eigenvalue weighted by molar-refractivity contribution is -0.154. The molecule has 7 heteroatoms. The molecule has 2 atom stereocenters. The second-order valence-electron chi connectivity index (χ2n) is 7.98. The Kier molecular flexibility index (Phi) is 7.40. The van der Waals surface area contributed by atoms with Gasteiger partial charge in [0.1, 0.15) is 17.6 Å². The van der Waals surface area contributed by atoms with Gasteiger partial charge in [0.05, 0.1) is 41.1 Å². The van der Waals surface area contributed by atoms with E-state index in [0.717, 1.165) is 17.0 Å². The number of esters is 1. The van der Waals surface area contributed by atoms with Crippen molar-refractivity contribution in [1.82, 2.24) is 0 Å². The van der Waals surface area contributed by atoms with Crippen molar-refractivity contribution in [3.05, 3.63) is 72.2 Å². The van der Waals surface area contributed by atoms with E-state index >= 15 is 0 Å². The molecule has 3 rings (SSSR count). The Balaban J connectivity index is 2.03. The van der Waals surface area contributed by atoms with Crippen LogP contribution in [0.15, 0.2) is 75.1 Å². The van der Waals surface area contributed by atoms with E-state index in [4.69, 9.17) is 13.9 Å². The summed E-state index contributed by atoms with van der Waals surface area (Å²) in [6, 6.07) is 15.9. The standard InChI is InChI=1S/C25H29NO5S/c1-6-30-24(27)25(3,4)23(26-18-9-11-19(29-5)12-10-18)22-21(15-16-31-22)32(28)20-13-7-17(2)8-14-20/h7-16,23,26H,6H2,1-5H3/t23-,32?/m1/s1. The van der Waals surface area contributed by atoms with Crippen LogP contribution in [0.1, 0.15) is 38.1 Å². The Morgan fingerprint density at radius 3 is 2.34 bits per heavy atom. The Morgan fingerprint density at radius 1 is 1.09 bits per heavy atom. The van der Waals surface area contributed by atoms with Gasteiger partial charge in [0.15, 0.2) is 0 Å². The van der Waals surface area contributed by atoms with E-state index < -0.39 is 22.3 Å². The van der Waals surface area contributed by atoms with E-state index in [1.807, 2.05) is 55.5 Å². The van der Waals surface area contributed by atoms with Crippen LogP contribution in [-0.2, 0) is 20.3 Å². The number of methoxy groups -OCH3 is 1. The summed E-state index contributed by atoms with van der Waals surface area (Å²) in [4.78, 5) is 14.1. The molecule has 2 aromatic carbocycles. The molecule has 32 heavy (non-hydrogen) atoms. The third kappa shape index (κ3) is 5.05. The van der Waals surface area contributed by atoms with Gasteiger partial charge in [0, 0.05) is 10.6 Å². The fourth-order valence-electron chi connectivity index (χ4n) is 3.32. The molecular weight excluding hydrogens is 426 g/mol. The van der Waals surface area contributed by atoms with Crippen LogP contribution in [0.25, 0.3) is 0 Å². The molecule has 0 aliphatic carbocycles. The van der Waals surface area contributed by atoms with Crippen molar-refractivity contribution in [3.8, 4) is 5.75 Å². The number of aryl methyl sites for hydroxylation is 1. The number of hydrogen-bond acceptors (Lipinski definition) is 6. The van der Waals surface area contributed by atoms with Gasteiger partial charge in [-0.2, -0.15) is 0 Å². The summed E-state index contributed by atoms with van der Waals surface area (Å²) in [5, 5.41) is 3.38. The predicted molar refractivity (Wildman–Crippen MR) is 124 cm³/mol. The van der Waals surface area contributed by atoms with Crippen molar-refractivity contribution in [3.63, 3.8) is 0 Å². The number of nitrogens with one attached hydrogen (secondary N) is 1. The first-order chi connectivity index (χ1) is 15.3. The molecule has 3 aromatic rings. The summed E-state index contributed by atoms with van der Waals surface area (Å²) in [6.07, 6.45) is 1.50. The van der Waals surface area contributed by atoms with Crippen LogP contribution in [0.5, 0.6) is 5.75 Å². The smallest absolute Gasteiger partial charge is 0.314 e. The lowest BCUT2D eigenvalue weighted by Crippen LogP contribution is -2.37. The second-order valence-corrected chi connectivity index (χ2v) is 9.43. The molecule has 0 fully saturated rings. The number of carbonyl (C=O) groups excluding carboxylic acids is 1. The third-order valence-corrected chi connectivity index (χ3v) is 6.72. The van der Waals surface area contributed by atoms with Gasteiger partial charge < -0.3 is 19.2 Å². The molecule has 0 saturated heterocycles. The molecule has 0 saturated carbocycles. The lowest BCUT2D eigenvalue weighted by atomic mass is 9.82. The molecule has 0 radical (unpaired) electrons. The number of ether oxygens (including phenoxy) is 2. The fraction of sp³-hybridized carbons (Fsp3) is 0.320. The zero-order valence-corrected chi connectivity index (χ0v) is 19.8. The van der Waals surface area contributed by atoms with Crippen LogP contribution < -0.4 is 10.1 Å². The van der Waals surface area contributed by atoms with Gasteiger partial charge in [0.25, 0.3) is 0 Å². The van der Waals surface area contributed by atoms with Gasteiger partial charge in [-0.05, 0) is 70.2 Å². The SMILES string of the molecule is CCOC(=O)C(C)(C)[C@H](Nc1ccc(OC)cc1)c1occc1S(=O)c1ccc(C)cc1. The number of benzene rings is 2. The van der Waals surface area contributed by atoms with E-state index in [2.05, 4.69) is 5.32 Å². The first-order valence-corrected chi connectivity index (χ1v) is 11.6. The largest absolute Gasteiger partial charge is 0.497 e. The normalized spacial score (nSPS) is 13.3. The summed E-state index contributed by atoms with van der Waals surface area (Å²) in [5.74, 6) is 0.767. The highest BCUT2D eigenvalue weighted by Gasteiger charge is 2.43. The van der Waals surface area contributed by atoms with Crippen molar-refractivity contribution in [2.75, 3.05) is 19.0 Å². The summed E-state index contributed by atoms with van der Waals surface area (Å²) in [6.45, 7) is 7.58. The Labute approximate surface area is 191 Å². The van der Waals surface area contributed by atoms with Crippen LogP contribution in [0.2, 0.25) is 0 Å². The molecule has 0 bridgehead atoms. The maximum atomic E-state index is 13.4. The minimum Gasteiger partial charge on any atom is -0.497 e. The maximum absolute atomic E-state index is 13.4. The summed E-state index contributed by atoms with van der Waals surface area (Å²) < 4.78 is 29.8. The average Bonchev–Trinajstić information content (AvgIpc) is 3.27. The molecule has 1 N–H and O–H groups in total. The van der Waals surface area contributed by atoms with Gasteiger partial charge in [-0.1, -0.05) is 17.7 Å². The Morgan fingerprint density at radius 2 is 1.75 bits per heavy atom. The lowest BCUT2D eigenvalue weighted by Gasteiger charge is -2.32. The maximum Gasteiger partial charge on any atom is 0.314 e. The highest BCUT2D eigenvalue weighted by Crippen LogP contribution is 2.41. The van der Waals surface area contributed by atoms with Gasteiger partial charge in [0.2, 0.25) is 0 Å². The topological polar surface area (TPSA) is 77.8 Å². The highest BCUT2D eigenvalue weighted by molar-refractivity contribution is 7.85. The van der Waals surface area contributed by atoms with E-state index in [0.29, 0.717) is 15.6 Å². The van der Waals surface area contributed by atoms with Crippen molar-refractivity contribution in [2.45, 2.75) is 43.5 Å². The quantitative estimate of drug-likeness (QED) is 0.429. The molecule has 1 heterocycles. The van der Waals surface area contributed by atoms with Gasteiger partial charge in [-0.15, -0.1) is 0 Å². The minimum absolute atomic E-state index is 0.262. The second kappa shape index (κ2) is 10.0. The molecule has 1 unspecified atom stereocenters. The first kappa shape index (κ1) is 23.6. The van der Waals surface area contributed by atoms with Crippen LogP contribution in [0.3, 0.4) is 0 Å². The van der Waals surface area contributed by atoms with E-state index in [9.17, 15) is 9.00 Å². The number of hydrogen-bond donors (Lipinski definition) is 1. The zero-order valence-electron chi connectivity index (χ0n) is 19.0. The molecule has 0 aliphatic rings. The third-order valence-electron chi connectivity index (χ3n) is 5.28. The van der Waals surface area contributed by atoms with Crippen molar-refractivity contribution in [1.29, 1.82) is 0 Å². The molecule has 0 amide bonds. The number of anilines is 1. The van der Waals surface area contributed by atoms with Crippen molar-refractivity contribution < 1.29 is 22.9 Å². The summed E-state index contributed by atoms with van der Waals surface area (Å²) in [7, 11) is 0.125. The van der Waals surface area contributed by atoms with Gasteiger partial charge >= 0.3 is 5.97 Å². The van der Waals surface area contributed by atoms with Gasteiger partial charge in [-0.25, -0.2) is 4.21 Å². The number of furan rings is 1. The molecule has 1 aromatic heterocycles. The number of rotatable bonds is 9. The Bertz CT molecular complexity index is 1070. The number of carbonyl (C=O) groups is 1. The van der Waals surface area contributed by atoms with Gasteiger partial charge in [-0.3, -0.25) is 4.79 Å². The van der Waals surface area contributed by atoms with Crippen molar-refractivity contribution >= 4 is 22.5 Å². The molecule has 0 spiro atoms. The van der Waals surface area contributed by atoms with E-state index in [1.54, 1.807) is 33.9 Å². The van der Waals surface area contributed by atoms with Crippen LogP contribution >= 0.6 is 0 Å². The fourth-order valence-corrected chi connectivity index (χ4v) is 4.49. The van der Waals surface area contributed by atoms with Crippen LogP contribution in [0, 0.1) is 12.3 Å². The first-order valence-electron chi connectivity index (χ1n) is 10.4. The minimum atomic E-state index is -1.48. The monoisotopic (exact) mass is 455 g/mol. The van der Waals surface area contributed by atoms with E-state index in [-0.39, 0.29) is 12.6 Å². The van der Waals surface area contributed by atoms with Crippen LogP contribution in [-0.4, -0.2) is 23.9 Å². The molecule has 6 nitrogen and oxygen atoms in total. The predicted octanol–water partition coefficient (Wildman–Crippen LogP) is 5.51. The average molecular weight is 456 g/mol. The van der Waals surface area contributed by atoms with Crippen molar-refractivity contribution in [2.24, 2.45) is 5.41 Å². The molecular formula is C25H29NO5S.